The van der Waals surface area contributed by atoms with Gasteiger partial charge in [-0.3, -0.25) is 0 Å². The van der Waals surface area contributed by atoms with Crippen LogP contribution in [0.5, 0.6) is 11.5 Å². The van der Waals surface area contributed by atoms with Crippen LogP contribution in [0.15, 0.2) is 48.5 Å². The van der Waals surface area contributed by atoms with Crippen LogP contribution in [0.3, 0.4) is 0 Å². The Morgan fingerprint density at radius 1 is 1.10 bits per heavy atom. The summed E-state index contributed by atoms with van der Waals surface area (Å²) in [6.07, 6.45) is 2.45. The van der Waals surface area contributed by atoms with Crippen LogP contribution in [-0.4, -0.2) is 11.1 Å². The van der Waals surface area contributed by atoms with Crippen LogP contribution in [0.1, 0.15) is 5.56 Å². The largest absolute Gasteiger partial charge is 0.478 e. The molecule has 0 spiro atoms. The predicted molar refractivity (Wildman–Crippen MR) is 79.6 cm³/mol. The highest BCUT2D eigenvalue weighted by atomic mass is 35.5. The van der Waals surface area contributed by atoms with Gasteiger partial charge in [0.05, 0.1) is 0 Å². The van der Waals surface area contributed by atoms with Gasteiger partial charge >= 0.3 is 5.97 Å². The lowest BCUT2D eigenvalue weighted by atomic mass is 10.2. The molecular formula is C15H10Cl2O3. The summed E-state index contributed by atoms with van der Waals surface area (Å²) in [5.74, 6) is 0.0117. The summed E-state index contributed by atoms with van der Waals surface area (Å²) in [6.45, 7) is 0. The van der Waals surface area contributed by atoms with Gasteiger partial charge in [0.2, 0.25) is 0 Å². The fourth-order valence-corrected chi connectivity index (χ4v) is 1.92. The Labute approximate surface area is 126 Å². The molecule has 0 aromatic heterocycles. The lowest BCUT2D eigenvalue weighted by molar-refractivity contribution is -0.131. The molecule has 0 saturated heterocycles. The standard InChI is InChI=1S/C15H10Cl2O3/c16-11-2-1-3-13(9-11)20-14-6-5-12(17)8-10(14)4-7-15(18)19/h1-9H,(H,18,19)/b7-4+. The van der Waals surface area contributed by atoms with Crippen molar-refractivity contribution in [1.82, 2.24) is 0 Å². The number of aliphatic carboxylic acids is 1. The number of benzene rings is 2. The molecule has 2 aromatic rings. The van der Waals surface area contributed by atoms with Gasteiger partial charge in [-0.15, -0.1) is 0 Å². The number of ether oxygens (including phenoxy) is 1. The molecule has 0 radical (unpaired) electrons. The Morgan fingerprint density at radius 3 is 2.55 bits per heavy atom. The topological polar surface area (TPSA) is 46.5 Å². The average Bonchev–Trinajstić information content (AvgIpc) is 2.39. The molecule has 0 bridgehead atoms. The van der Waals surface area contributed by atoms with Crippen LogP contribution in [0, 0.1) is 0 Å². The van der Waals surface area contributed by atoms with E-state index in [-0.39, 0.29) is 0 Å². The quantitative estimate of drug-likeness (QED) is 0.818. The van der Waals surface area contributed by atoms with Crippen molar-refractivity contribution in [2.75, 3.05) is 0 Å². The summed E-state index contributed by atoms with van der Waals surface area (Å²) < 4.78 is 5.69. The predicted octanol–water partition coefficient (Wildman–Crippen LogP) is 4.88. The molecule has 0 unspecified atom stereocenters. The highest BCUT2D eigenvalue weighted by Crippen LogP contribution is 2.30. The van der Waals surface area contributed by atoms with Crippen LogP contribution in [0.25, 0.3) is 6.08 Å². The van der Waals surface area contributed by atoms with Gasteiger partial charge in [0, 0.05) is 21.7 Å². The van der Waals surface area contributed by atoms with Crippen molar-refractivity contribution < 1.29 is 14.6 Å². The fourth-order valence-electron chi connectivity index (χ4n) is 1.56. The molecule has 2 rings (SSSR count). The van der Waals surface area contributed by atoms with E-state index in [1.54, 1.807) is 42.5 Å². The van der Waals surface area contributed by atoms with Gasteiger partial charge in [0.25, 0.3) is 0 Å². The lowest BCUT2D eigenvalue weighted by Crippen LogP contribution is -1.90. The van der Waals surface area contributed by atoms with E-state index in [1.807, 2.05) is 0 Å². The summed E-state index contributed by atoms with van der Waals surface area (Å²) in [7, 11) is 0. The second kappa shape index (κ2) is 6.46. The van der Waals surface area contributed by atoms with Crippen molar-refractivity contribution in [3.63, 3.8) is 0 Å². The zero-order valence-electron chi connectivity index (χ0n) is 10.2. The number of carboxylic acid groups (broad SMARTS) is 1. The van der Waals surface area contributed by atoms with Crippen LogP contribution >= 0.6 is 23.2 Å². The van der Waals surface area contributed by atoms with Crippen molar-refractivity contribution in [1.29, 1.82) is 0 Å². The Bertz CT molecular complexity index is 666. The van der Waals surface area contributed by atoms with Crippen molar-refractivity contribution in [3.8, 4) is 11.5 Å². The summed E-state index contributed by atoms with van der Waals surface area (Å²) in [5, 5.41) is 9.73. The highest BCUT2D eigenvalue weighted by Gasteiger charge is 2.05. The average molecular weight is 309 g/mol. The third-order valence-corrected chi connectivity index (χ3v) is 2.87. The number of carbonyl (C=O) groups is 1. The molecule has 0 aliphatic rings. The molecule has 0 aliphatic carbocycles. The van der Waals surface area contributed by atoms with E-state index < -0.39 is 5.97 Å². The molecule has 0 aliphatic heterocycles. The molecule has 0 fully saturated rings. The first-order valence-electron chi connectivity index (χ1n) is 5.68. The first-order valence-corrected chi connectivity index (χ1v) is 6.44. The van der Waals surface area contributed by atoms with Gasteiger partial charge < -0.3 is 9.84 Å². The van der Waals surface area contributed by atoms with Crippen LogP contribution < -0.4 is 4.74 Å². The number of halogens is 2. The first-order chi connectivity index (χ1) is 9.54. The third-order valence-electron chi connectivity index (χ3n) is 2.40. The summed E-state index contributed by atoms with van der Waals surface area (Å²) in [4.78, 5) is 10.6. The number of hydrogen-bond acceptors (Lipinski definition) is 2. The number of carboxylic acids is 1. The number of hydrogen-bond donors (Lipinski definition) is 1. The number of rotatable bonds is 4. The van der Waals surface area contributed by atoms with Crippen LogP contribution in [-0.2, 0) is 4.79 Å². The summed E-state index contributed by atoms with van der Waals surface area (Å²) >= 11 is 11.8. The molecule has 3 nitrogen and oxygen atoms in total. The van der Waals surface area contributed by atoms with Gasteiger partial charge in [0.1, 0.15) is 11.5 Å². The lowest BCUT2D eigenvalue weighted by Gasteiger charge is -2.09. The Morgan fingerprint density at radius 2 is 1.85 bits per heavy atom. The van der Waals surface area contributed by atoms with Crippen LogP contribution in [0.2, 0.25) is 10.0 Å². The van der Waals surface area contributed by atoms with Crippen molar-refractivity contribution in [2.24, 2.45) is 0 Å². The molecule has 0 saturated carbocycles. The minimum Gasteiger partial charge on any atom is -0.478 e. The molecule has 20 heavy (non-hydrogen) atoms. The second-order valence-electron chi connectivity index (χ2n) is 3.91. The molecule has 1 N–H and O–H groups in total. The fraction of sp³-hybridized carbons (Fsp3) is 0. The van der Waals surface area contributed by atoms with E-state index in [0.29, 0.717) is 27.1 Å². The molecule has 0 amide bonds. The minimum atomic E-state index is -1.04. The van der Waals surface area contributed by atoms with E-state index in [4.69, 9.17) is 33.0 Å². The Hall–Kier alpha value is -1.97. The zero-order chi connectivity index (χ0) is 14.5. The SMILES string of the molecule is O=C(O)/C=C/c1cc(Cl)ccc1Oc1cccc(Cl)c1. The molecule has 0 heterocycles. The second-order valence-corrected chi connectivity index (χ2v) is 4.79. The summed E-state index contributed by atoms with van der Waals surface area (Å²) in [6, 6.07) is 11.9. The van der Waals surface area contributed by atoms with Gasteiger partial charge in [-0.2, -0.15) is 0 Å². The van der Waals surface area contributed by atoms with E-state index in [2.05, 4.69) is 0 Å². The highest BCUT2D eigenvalue weighted by molar-refractivity contribution is 6.31. The summed E-state index contributed by atoms with van der Waals surface area (Å²) in [5.41, 5.74) is 0.569. The molecule has 2 aromatic carbocycles. The van der Waals surface area contributed by atoms with Crippen molar-refractivity contribution in [2.45, 2.75) is 0 Å². The maximum absolute atomic E-state index is 10.6. The van der Waals surface area contributed by atoms with Gasteiger partial charge in [-0.1, -0.05) is 29.3 Å². The van der Waals surface area contributed by atoms with E-state index >= 15 is 0 Å². The maximum atomic E-state index is 10.6. The van der Waals surface area contributed by atoms with Crippen LogP contribution in [0.4, 0.5) is 0 Å². The minimum absolute atomic E-state index is 0.494. The molecular weight excluding hydrogens is 299 g/mol. The maximum Gasteiger partial charge on any atom is 0.328 e. The smallest absolute Gasteiger partial charge is 0.328 e. The third kappa shape index (κ3) is 4.02. The first kappa shape index (κ1) is 14.4. The van der Waals surface area contributed by atoms with E-state index in [0.717, 1.165) is 6.08 Å². The Kier molecular flexibility index (Phi) is 4.66. The Balaban J connectivity index is 2.33. The molecule has 5 heteroatoms. The van der Waals surface area contributed by atoms with Crippen molar-refractivity contribution >= 4 is 35.2 Å². The monoisotopic (exact) mass is 308 g/mol. The van der Waals surface area contributed by atoms with E-state index in [1.165, 1.54) is 6.08 Å². The molecule has 0 atom stereocenters. The zero-order valence-corrected chi connectivity index (χ0v) is 11.7. The van der Waals surface area contributed by atoms with Gasteiger partial charge in [-0.05, 0) is 42.5 Å². The van der Waals surface area contributed by atoms with Crippen molar-refractivity contribution in [3.05, 3.63) is 64.1 Å². The van der Waals surface area contributed by atoms with E-state index in [9.17, 15) is 4.79 Å². The normalized spacial score (nSPS) is 10.7. The van der Waals surface area contributed by atoms with Gasteiger partial charge in [-0.25, -0.2) is 4.79 Å². The molecule has 102 valence electrons. The van der Waals surface area contributed by atoms with Gasteiger partial charge in [0.15, 0.2) is 0 Å².